The van der Waals surface area contributed by atoms with Crippen LogP contribution in [0.15, 0.2) is 85.5 Å². The summed E-state index contributed by atoms with van der Waals surface area (Å²) >= 11 is 0. The topological polar surface area (TPSA) is 95.7 Å². The number of esters is 1. The summed E-state index contributed by atoms with van der Waals surface area (Å²) in [7, 11) is 0. The standard InChI is InChI=1S/C16H23NO3.C14H8O2/c1-2-16(18)20-12-6-4-3-5-11-19-15-9-7-14(13-17)8-10-15;15-13-9-5-1-2-6-10(9)14(16)12-8-4-3-7-11(12)13/h2,7-10H,1,3-6,11-13,17H2;1-8H. The van der Waals surface area contributed by atoms with E-state index < -0.39 is 0 Å². The van der Waals surface area contributed by atoms with Gasteiger partial charge >= 0.3 is 5.97 Å². The molecule has 4 rings (SSSR count). The number of unbranched alkanes of at least 4 members (excludes halogenated alkanes) is 3. The van der Waals surface area contributed by atoms with Crippen LogP contribution in [0.25, 0.3) is 0 Å². The molecule has 1 aliphatic rings. The second-order valence-corrected chi connectivity index (χ2v) is 8.23. The zero-order valence-corrected chi connectivity index (χ0v) is 20.3. The van der Waals surface area contributed by atoms with Crippen LogP contribution in [0.3, 0.4) is 0 Å². The van der Waals surface area contributed by atoms with Crippen molar-refractivity contribution >= 4 is 17.5 Å². The minimum atomic E-state index is -0.353. The van der Waals surface area contributed by atoms with E-state index in [0.717, 1.165) is 37.0 Å². The van der Waals surface area contributed by atoms with E-state index in [2.05, 4.69) is 6.58 Å². The summed E-state index contributed by atoms with van der Waals surface area (Å²) in [5.74, 6) is 0.396. The molecule has 0 saturated carbocycles. The summed E-state index contributed by atoms with van der Waals surface area (Å²) in [6.45, 7) is 5.06. The van der Waals surface area contributed by atoms with E-state index in [9.17, 15) is 14.4 Å². The van der Waals surface area contributed by atoms with E-state index in [4.69, 9.17) is 15.2 Å². The number of benzene rings is 3. The van der Waals surface area contributed by atoms with Crippen LogP contribution in [0.5, 0.6) is 5.75 Å². The Hall–Kier alpha value is -4.03. The van der Waals surface area contributed by atoms with E-state index in [1.54, 1.807) is 48.5 Å². The number of carbonyl (C=O) groups excluding carboxylic acids is 3. The van der Waals surface area contributed by atoms with Crippen molar-refractivity contribution in [3.8, 4) is 5.75 Å². The van der Waals surface area contributed by atoms with Crippen molar-refractivity contribution < 1.29 is 23.9 Å². The molecule has 3 aromatic carbocycles. The monoisotopic (exact) mass is 485 g/mol. The SMILES string of the molecule is C=CC(=O)OCCCCCCOc1ccc(CN)cc1.O=C1c2ccccc2C(=O)c2ccccc21. The fourth-order valence-corrected chi connectivity index (χ4v) is 3.75. The number of hydrogen-bond donors (Lipinski definition) is 1. The molecule has 0 spiro atoms. The minimum absolute atomic E-state index is 0.0641. The molecule has 2 N–H and O–H groups in total. The van der Waals surface area contributed by atoms with Crippen LogP contribution >= 0.6 is 0 Å². The van der Waals surface area contributed by atoms with E-state index in [0.29, 0.717) is 42.0 Å². The van der Waals surface area contributed by atoms with Crippen LogP contribution in [0.2, 0.25) is 0 Å². The van der Waals surface area contributed by atoms with Crippen molar-refractivity contribution in [2.75, 3.05) is 13.2 Å². The highest BCUT2D eigenvalue weighted by atomic mass is 16.5. The van der Waals surface area contributed by atoms with E-state index >= 15 is 0 Å². The number of rotatable bonds is 10. The third-order valence-corrected chi connectivity index (χ3v) is 5.71. The number of carbonyl (C=O) groups is 3. The Bertz CT molecular complexity index is 1090. The number of hydrogen-bond acceptors (Lipinski definition) is 6. The summed E-state index contributed by atoms with van der Waals surface area (Å²) in [6, 6.07) is 21.7. The van der Waals surface area contributed by atoms with E-state index in [-0.39, 0.29) is 17.5 Å². The fraction of sp³-hybridized carbons (Fsp3) is 0.233. The molecule has 0 unspecified atom stereocenters. The lowest BCUT2D eigenvalue weighted by Crippen LogP contribution is -2.20. The van der Waals surface area contributed by atoms with Crippen molar-refractivity contribution in [1.82, 2.24) is 0 Å². The first kappa shape index (κ1) is 26.6. The highest BCUT2D eigenvalue weighted by Crippen LogP contribution is 2.26. The summed E-state index contributed by atoms with van der Waals surface area (Å²) < 4.78 is 10.5. The average Bonchev–Trinajstić information content (AvgIpc) is 2.93. The first-order chi connectivity index (χ1) is 17.5. The Balaban J connectivity index is 0.000000204. The van der Waals surface area contributed by atoms with Crippen LogP contribution in [0, 0.1) is 0 Å². The van der Waals surface area contributed by atoms with Crippen molar-refractivity contribution in [1.29, 1.82) is 0 Å². The molecule has 0 bridgehead atoms. The molecule has 0 atom stereocenters. The van der Waals surface area contributed by atoms with Gasteiger partial charge in [0.1, 0.15) is 5.75 Å². The van der Waals surface area contributed by atoms with E-state index in [1.807, 2.05) is 24.3 Å². The predicted molar refractivity (Wildman–Crippen MR) is 139 cm³/mol. The Labute approximate surface area is 211 Å². The normalized spacial score (nSPS) is 11.5. The van der Waals surface area contributed by atoms with Gasteiger partial charge in [-0.2, -0.15) is 0 Å². The maximum absolute atomic E-state index is 12.1. The van der Waals surface area contributed by atoms with Gasteiger partial charge in [-0.3, -0.25) is 9.59 Å². The van der Waals surface area contributed by atoms with Gasteiger partial charge in [-0.25, -0.2) is 4.79 Å². The Morgan fingerprint density at radius 1 is 0.722 bits per heavy atom. The lowest BCUT2D eigenvalue weighted by Gasteiger charge is -2.16. The lowest BCUT2D eigenvalue weighted by atomic mass is 9.84. The zero-order chi connectivity index (χ0) is 25.8. The molecule has 3 aromatic rings. The van der Waals surface area contributed by atoms with Crippen molar-refractivity contribution in [2.45, 2.75) is 32.2 Å². The maximum Gasteiger partial charge on any atom is 0.330 e. The molecule has 0 aliphatic heterocycles. The van der Waals surface area contributed by atoms with Crippen LogP contribution in [0.4, 0.5) is 0 Å². The first-order valence-corrected chi connectivity index (χ1v) is 12.0. The third kappa shape index (κ3) is 7.23. The fourth-order valence-electron chi connectivity index (χ4n) is 3.75. The second-order valence-electron chi connectivity index (χ2n) is 8.23. The van der Waals surface area contributed by atoms with Crippen LogP contribution in [-0.4, -0.2) is 30.7 Å². The van der Waals surface area contributed by atoms with Crippen LogP contribution in [0.1, 0.15) is 63.1 Å². The largest absolute Gasteiger partial charge is 0.494 e. The van der Waals surface area contributed by atoms with Gasteiger partial charge in [0, 0.05) is 34.9 Å². The molecular formula is C30H31NO5. The molecular weight excluding hydrogens is 454 g/mol. The molecule has 0 radical (unpaired) electrons. The summed E-state index contributed by atoms with van der Waals surface area (Å²) in [5, 5.41) is 0. The van der Waals surface area contributed by atoms with Gasteiger partial charge in [0.25, 0.3) is 0 Å². The molecule has 0 heterocycles. The molecule has 36 heavy (non-hydrogen) atoms. The quantitative estimate of drug-likeness (QED) is 0.187. The van der Waals surface area contributed by atoms with Crippen molar-refractivity contribution in [2.24, 2.45) is 5.73 Å². The van der Waals surface area contributed by atoms with Crippen LogP contribution < -0.4 is 10.5 Å². The highest BCUT2D eigenvalue weighted by molar-refractivity contribution is 6.28. The third-order valence-electron chi connectivity index (χ3n) is 5.71. The summed E-state index contributed by atoms with van der Waals surface area (Å²) in [4.78, 5) is 35.0. The van der Waals surface area contributed by atoms with Gasteiger partial charge < -0.3 is 15.2 Å². The molecule has 0 fully saturated rings. The Morgan fingerprint density at radius 2 is 1.19 bits per heavy atom. The van der Waals surface area contributed by atoms with Crippen molar-refractivity contribution in [3.05, 3.63) is 113 Å². The van der Waals surface area contributed by atoms with Crippen molar-refractivity contribution in [3.63, 3.8) is 0 Å². The molecule has 186 valence electrons. The molecule has 1 aliphatic carbocycles. The van der Waals surface area contributed by atoms with Gasteiger partial charge in [-0.1, -0.05) is 67.2 Å². The van der Waals surface area contributed by atoms with Gasteiger partial charge in [0.15, 0.2) is 11.6 Å². The maximum atomic E-state index is 12.1. The molecule has 0 amide bonds. The molecule has 0 aromatic heterocycles. The minimum Gasteiger partial charge on any atom is -0.494 e. The molecule has 6 nitrogen and oxygen atoms in total. The average molecular weight is 486 g/mol. The van der Waals surface area contributed by atoms with Gasteiger partial charge in [-0.05, 0) is 43.4 Å². The smallest absolute Gasteiger partial charge is 0.330 e. The highest BCUT2D eigenvalue weighted by Gasteiger charge is 2.28. The summed E-state index contributed by atoms with van der Waals surface area (Å²) in [5.41, 5.74) is 8.66. The number of nitrogens with two attached hydrogens (primary N) is 1. The number of ketones is 2. The number of fused-ring (bicyclic) bond motifs is 2. The van der Waals surface area contributed by atoms with Gasteiger partial charge in [0.2, 0.25) is 0 Å². The van der Waals surface area contributed by atoms with Crippen LogP contribution in [-0.2, 0) is 16.1 Å². The van der Waals surface area contributed by atoms with E-state index in [1.165, 1.54) is 6.08 Å². The lowest BCUT2D eigenvalue weighted by molar-refractivity contribution is -0.137. The number of ether oxygens (including phenoxy) is 2. The summed E-state index contributed by atoms with van der Waals surface area (Å²) in [6.07, 6.45) is 5.15. The Kier molecular flexibility index (Phi) is 10.2. The molecule has 0 saturated heterocycles. The Morgan fingerprint density at radius 3 is 1.64 bits per heavy atom. The molecule has 6 heteroatoms. The first-order valence-electron chi connectivity index (χ1n) is 12.0. The second kappa shape index (κ2) is 13.8. The van der Waals surface area contributed by atoms with Gasteiger partial charge in [-0.15, -0.1) is 0 Å². The zero-order valence-electron chi connectivity index (χ0n) is 20.3. The van der Waals surface area contributed by atoms with Gasteiger partial charge in [0.05, 0.1) is 13.2 Å². The predicted octanol–water partition coefficient (Wildman–Crippen LogP) is 5.28.